The van der Waals surface area contributed by atoms with Gasteiger partial charge >= 0.3 is 0 Å². The molecule has 0 fully saturated rings. The zero-order valence-electron chi connectivity index (χ0n) is 16.0. The number of carbonyl (C=O) groups is 1. The zero-order chi connectivity index (χ0) is 20.7. The van der Waals surface area contributed by atoms with Crippen LogP contribution in [0.3, 0.4) is 0 Å². The van der Waals surface area contributed by atoms with Gasteiger partial charge in [0.05, 0.1) is 24.2 Å². The molecule has 28 heavy (non-hydrogen) atoms. The number of carbonyl (C=O) groups excluding carboxylic acids is 1. The van der Waals surface area contributed by atoms with Crippen molar-refractivity contribution >= 4 is 27.3 Å². The minimum atomic E-state index is -3.68. The molecule has 0 aliphatic carbocycles. The molecule has 0 saturated carbocycles. The van der Waals surface area contributed by atoms with Crippen molar-refractivity contribution in [3.05, 3.63) is 48.3 Å². The molecule has 152 valence electrons. The summed E-state index contributed by atoms with van der Waals surface area (Å²) in [5.74, 6) is -0.515. The van der Waals surface area contributed by atoms with Crippen LogP contribution in [0, 0.1) is 5.82 Å². The molecule has 2 aromatic carbocycles. The summed E-state index contributed by atoms with van der Waals surface area (Å²) >= 11 is 0. The lowest BCUT2D eigenvalue weighted by Crippen LogP contribution is -2.30. The summed E-state index contributed by atoms with van der Waals surface area (Å²) in [6.45, 7) is 4.06. The van der Waals surface area contributed by atoms with Crippen molar-refractivity contribution in [3.63, 3.8) is 0 Å². The number of halogens is 1. The number of anilines is 2. The Morgan fingerprint density at radius 3 is 2.46 bits per heavy atom. The van der Waals surface area contributed by atoms with Gasteiger partial charge in [-0.2, -0.15) is 4.31 Å². The molecule has 7 nitrogen and oxygen atoms in total. The van der Waals surface area contributed by atoms with E-state index in [2.05, 4.69) is 10.6 Å². The fourth-order valence-electron chi connectivity index (χ4n) is 2.63. The Balaban J connectivity index is 2.18. The van der Waals surface area contributed by atoms with Crippen molar-refractivity contribution in [2.24, 2.45) is 0 Å². The third kappa shape index (κ3) is 5.20. The van der Waals surface area contributed by atoms with E-state index in [0.29, 0.717) is 24.5 Å². The van der Waals surface area contributed by atoms with Crippen LogP contribution in [0.15, 0.2) is 47.4 Å². The SMILES string of the molecule is CCN(CC)S(=O)(=O)c1ccc(OC)c(NC(=O)CNc2cccc(F)c2)c1. The van der Waals surface area contributed by atoms with E-state index < -0.39 is 21.7 Å². The highest BCUT2D eigenvalue weighted by atomic mass is 32.2. The van der Waals surface area contributed by atoms with E-state index in [1.54, 1.807) is 19.9 Å². The summed E-state index contributed by atoms with van der Waals surface area (Å²) in [6, 6.07) is 10.0. The number of ether oxygens (including phenoxy) is 1. The summed E-state index contributed by atoms with van der Waals surface area (Å²) in [4.78, 5) is 12.3. The number of nitrogens with zero attached hydrogens (tertiary/aromatic N) is 1. The topological polar surface area (TPSA) is 87.7 Å². The van der Waals surface area contributed by atoms with Crippen molar-refractivity contribution in [3.8, 4) is 5.75 Å². The Hall–Kier alpha value is -2.65. The molecule has 0 radical (unpaired) electrons. The van der Waals surface area contributed by atoms with Crippen LogP contribution in [0.25, 0.3) is 0 Å². The first-order valence-corrected chi connectivity index (χ1v) is 10.2. The van der Waals surface area contributed by atoms with E-state index >= 15 is 0 Å². The number of methoxy groups -OCH3 is 1. The first-order valence-electron chi connectivity index (χ1n) is 8.79. The second-order valence-corrected chi connectivity index (χ2v) is 7.80. The molecular weight excluding hydrogens is 385 g/mol. The van der Waals surface area contributed by atoms with Crippen LogP contribution in [-0.4, -0.2) is 45.4 Å². The second kappa shape index (κ2) is 9.52. The van der Waals surface area contributed by atoms with Crippen LogP contribution in [-0.2, 0) is 14.8 Å². The lowest BCUT2D eigenvalue weighted by Gasteiger charge is -2.19. The van der Waals surface area contributed by atoms with Crippen molar-refractivity contribution in [2.75, 3.05) is 37.4 Å². The van der Waals surface area contributed by atoms with Gasteiger partial charge in [-0.1, -0.05) is 19.9 Å². The number of nitrogens with one attached hydrogen (secondary N) is 2. The summed E-state index contributed by atoms with van der Waals surface area (Å²) in [6.07, 6.45) is 0. The van der Waals surface area contributed by atoms with Gasteiger partial charge in [0.1, 0.15) is 11.6 Å². The second-order valence-electron chi connectivity index (χ2n) is 5.86. The lowest BCUT2D eigenvalue weighted by molar-refractivity contribution is -0.114. The van der Waals surface area contributed by atoms with Crippen molar-refractivity contribution < 1.29 is 22.3 Å². The third-order valence-corrected chi connectivity index (χ3v) is 6.11. The molecule has 2 rings (SSSR count). The predicted octanol–water partition coefficient (Wildman–Crippen LogP) is 2.92. The average Bonchev–Trinajstić information content (AvgIpc) is 2.67. The number of benzene rings is 2. The highest BCUT2D eigenvalue weighted by Crippen LogP contribution is 2.29. The lowest BCUT2D eigenvalue weighted by atomic mass is 10.3. The van der Waals surface area contributed by atoms with Crippen LogP contribution in [0.1, 0.15) is 13.8 Å². The summed E-state index contributed by atoms with van der Waals surface area (Å²) in [5.41, 5.74) is 0.696. The molecule has 0 atom stereocenters. The quantitative estimate of drug-likeness (QED) is 0.665. The van der Waals surface area contributed by atoms with Gasteiger partial charge in [-0.3, -0.25) is 4.79 Å². The molecule has 2 aromatic rings. The van der Waals surface area contributed by atoms with E-state index in [0.717, 1.165) is 0 Å². The fourth-order valence-corrected chi connectivity index (χ4v) is 4.12. The fraction of sp³-hybridized carbons (Fsp3) is 0.316. The zero-order valence-corrected chi connectivity index (χ0v) is 16.8. The Morgan fingerprint density at radius 1 is 1.14 bits per heavy atom. The van der Waals surface area contributed by atoms with E-state index in [1.165, 1.54) is 47.8 Å². The largest absolute Gasteiger partial charge is 0.495 e. The Morgan fingerprint density at radius 2 is 1.86 bits per heavy atom. The summed E-state index contributed by atoms with van der Waals surface area (Å²) < 4.78 is 45.1. The molecule has 0 heterocycles. The van der Waals surface area contributed by atoms with Gasteiger partial charge in [0, 0.05) is 18.8 Å². The molecule has 0 bridgehead atoms. The number of rotatable bonds is 9. The molecule has 0 aliphatic rings. The van der Waals surface area contributed by atoms with Gasteiger partial charge in [-0.15, -0.1) is 0 Å². The van der Waals surface area contributed by atoms with Gasteiger partial charge in [-0.25, -0.2) is 12.8 Å². The smallest absolute Gasteiger partial charge is 0.243 e. The molecule has 2 N–H and O–H groups in total. The molecule has 0 aromatic heterocycles. The van der Waals surface area contributed by atoms with Gasteiger partial charge in [0.25, 0.3) is 0 Å². The number of sulfonamides is 1. The minimum absolute atomic E-state index is 0.0605. The van der Waals surface area contributed by atoms with Crippen molar-refractivity contribution in [2.45, 2.75) is 18.7 Å². The standard InChI is InChI=1S/C19H24FN3O4S/c1-4-23(5-2)28(25,26)16-9-10-18(27-3)17(12-16)22-19(24)13-21-15-8-6-7-14(20)11-15/h6-12,21H,4-5,13H2,1-3H3,(H,22,24). The first kappa shape index (κ1) is 21.6. The van der Waals surface area contributed by atoms with E-state index in [1.807, 2.05) is 0 Å². The van der Waals surface area contributed by atoms with Gasteiger partial charge in [0.15, 0.2) is 0 Å². The van der Waals surface area contributed by atoms with E-state index in [-0.39, 0.29) is 17.1 Å². The van der Waals surface area contributed by atoms with Gasteiger partial charge in [-0.05, 0) is 36.4 Å². The number of hydrogen-bond donors (Lipinski definition) is 2. The Kier molecular flexibility index (Phi) is 7.36. The molecule has 0 saturated heterocycles. The van der Waals surface area contributed by atoms with Crippen LogP contribution in [0.5, 0.6) is 5.75 Å². The molecule has 9 heteroatoms. The molecule has 0 spiro atoms. The van der Waals surface area contributed by atoms with Crippen LogP contribution >= 0.6 is 0 Å². The summed E-state index contributed by atoms with van der Waals surface area (Å²) in [5, 5.41) is 5.44. The van der Waals surface area contributed by atoms with Crippen LogP contribution in [0.2, 0.25) is 0 Å². The van der Waals surface area contributed by atoms with Gasteiger partial charge < -0.3 is 15.4 Å². The average molecular weight is 409 g/mol. The summed E-state index contributed by atoms with van der Waals surface area (Å²) in [7, 11) is -2.25. The van der Waals surface area contributed by atoms with E-state index in [9.17, 15) is 17.6 Å². The molecular formula is C19H24FN3O4S. The molecule has 0 unspecified atom stereocenters. The first-order chi connectivity index (χ1) is 13.3. The van der Waals surface area contributed by atoms with Crippen LogP contribution in [0.4, 0.5) is 15.8 Å². The highest BCUT2D eigenvalue weighted by Gasteiger charge is 2.23. The number of hydrogen-bond acceptors (Lipinski definition) is 5. The van der Waals surface area contributed by atoms with Crippen molar-refractivity contribution in [1.29, 1.82) is 0 Å². The predicted molar refractivity (Wildman–Crippen MR) is 107 cm³/mol. The number of amides is 1. The third-order valence-electron chi connectivity index (χ3n) is 4.07. The van der Waals surface area contributed by atoms with Crippen LogP contribution < -0.4 is 15.4 Å². The Labute approximate surface area is 164 Å². The monoisotopic (exact) mass is 409 g/mol. The maximum absolute atomic E-state index is 13.2. The minimum Gasteiger partial charge on any atom is -0.495 e. The molecule has 0 aliphatic heterocycles. The molecule has 1 amide bonds. The highest BCUT2D eigenvalue weighted by molar-refractivity contribution is 7.89. The normalized spacial score (nSPS) is 11.3. The van der Waals surface area contributed by atoms with Gasteiger partial charge in [0.2, 0.25) is 15.9 Å². The maximum atomic E-state index is 13.2. The van der Waals surface area contributed by atoms with Crippen molar-refractivity contribution in [1.82, 2.24) is 4.31 Å². The maximum Gasteiger partial charge on any atom is 0.243 e. The Bertz CT molecular complexity index is 931. The van der Waals surface area contributed by atoms with E-state index in [4.69, 9.17) is 4.74 Å².